The van der Waals surface area contributed by atoms with Crippen molar-refractivity contribution in [2.45, 2.75) is 37.8 Å². The highest BCUT2D eigenvalue weighted by atomic mass is 16.6. The van der Waals surface area contributed by atoms with Crippen molar-refractivity contribution in [2.75, 3.05) is 13.2 Å². The molecule has 2 aliphatic rings. The predicted octanol–water partition coefficient (Wildman–Crippen LogP) is 3.55. The van der Waals surface area contributed by atoms with Crippen molar-refractivity contribution in [1.29, 1.82) is 0 Å². The van der Waals surface area contributed by atoms with Gasteiger partial charge in [0.15, 0.2) is 6.23 Å². The molecule has 2 aliphatic heterocycles. The van der Waals surface area contributed by atoms with E-state index in [9.17, 15) is 4.79 Å². The quantitative estimate of drug-likeness (QED) is 0.772. The van der Waals surface area contributed by atoms with Crippen LogP contribution in [0.25, 0.3) is 0 Å². The number of carbonyl (C=O) groups is 1. The lowest BCUT2D eigenvalue weighted by Gasteiger charge is -2.26. The molecule has 136 valence electrons. The fourth-order valence-corrected chi connectivity index (χ4v) is 3.56. The first-order valence-corrected chi connectivity index (χ1v) is 9.09. The minimum Gasteiger partial charge on any atom is -0.450 e. The van der Waals surface area contributed by atoms with Crippen molar-refractivity contribution in [3.63, 3.8) is 0 Å². The van der Waals surface area contributed by atoms with Gasteiger partial charge in [-0.1, -0.05) is 60.7 Å². The van der Waals surface area contributed by atoms with Gasteiger partial charge < -0.3 is 14.2 Å². The summed E-state index contributed by atoms with van der Waals surface area (Å²) in [6, 6.07) is 20.0. The van der Waals surface area contributed by atoms with Crippen LogP contribution in [0.2, 0.25) is 0 Å². The van der Waals surface area contributed by atoms with Gasteiger partial charge in [-0.25, -0.2) is 4.79 Å². The molecule has 4 atom stereocenters. The number of ether oxygens (including phenoxy) is 3. The molecule has 2 aromatic carbocycles. The first-order chi connectivity index (χ1) is 12.8. The third-order valence-electron chi connectivity index (χ3n) is 4.88. The number of hydrogen-bond acceptors (Lipinski definition) is 4. The van der Waals surface area contributed by atoms with Crippen LogP contribution >= 0.6 is 0 Å². The topological polar surface area (TPSA) is 51.3 Å². The zero-order chi connectivity index (χ0) is 17.9. The minimum atomic E-state index is -0.409. The molecule has 0 N–H and O–H groups in total. The molecule has 5 nitrogen and oxygen atoms in total. The van der Waals surface area contributed by atoms with Crippen molar-refractivity contribution in [3.05, 3.63) is 71.8 Å². The molecular weight excluding hydrogens is 330 g/mol. The Labute approximate surface area is 153 Å². The lowest BCUT2D eigenvalue weighted by atomic mass is 10.1. The van der Waals surface area contributed by atoms with Gasteiger partial charge >= 0.3 is 6.09 Å². The minimum absolute atomic E-state index is 0.0637. The number of amides is 1. The highest BCUT2D eigenvalue weighted by Gasteiger charge is 2.54. The van der Waals surface area contributed by atoms with Crippen molar-refractivity contribution in [1.82, 2.24) is 4.90 Å². The molecule has 2 saturated heterocycles. The average Bonchev–Trinajstić information content (AvgIpc) is 3.28. The van der Waals surface area contributed by atoms with Crippen LogP contribution in [0.3, 0.4) is 0 Å². The van der Waals surface area contributed by atoms with Gasteiger partial charge in [0.25, 0.3) is 0 Å². The van der Waals surface area contributed by atoms with Crippen LogP contribution in [-0.2, 0) is 20.6 Å². The van der Waals surface area contributed by atoms with E-state index in [2.05, 4.69) is 12.1 Å². The van der Waals surface area contributed by atoms with E-state index >= 15 is 0 Å². The highest BCUT2D eigenvalue weighted by molar-refractivity contribution is 5.69. The second-order valence-corrected chi connectivity index (χ2v) is 6.59. The van der Waals surface area contributed by atoms with E-state index in [0.717, 1.165) is 12.0 Å². The second kappa shape index (κ2) is 7.48. The Hall–Kier alpha value is -2.37. The fraction of sp³-hybridized carbons (Fsp3) is 0.381. The molecule has 1 amide bonds. The SMILES string of the molecule is CCOC(=O)N1[C@@H]([C@@H]2O[C@H]2Cc2ccccc2)OC[C@H]1c1ccccc1. The molecule has 0 aliphatic carbocycles. The van der Waals surface area contributed by atoms with Gasteiger partial charge in [0.2, 0.25) is 0 Å². The van der Waals surface area contributed by atoms with Gasteiger partial charge in [0, 0.05) is 6.42 Å². The summed E-state index contributed by atoms with van der Waals surface area (Å²) in [5.41, 5.74) is 2.27. The summed E-state index contributed by atoms with van der Waals surface area (Å²) in [4.78, 5) is 14.3. The van der Waals surface area contributed by atoms with Crippen molar-refractivity contribution in [2.24, 2.45) is 0 Å². The summed E-state index contributed by atoms with van der Waals surface area (Å²) in [6.45, 7) is 2.60. The molecule has 0 saturated carbocycles. The average molecular weight is 353 g/mol. The van der Waals surface area contributed by atoms with E-state index in [1.165, 1.54) is 5.56 Å². The molecule has 26 heavy (non-hydrogen) atoms. The third kappa shape index (κ3) is 3.45. The number of carbonyl (C=O) groups excluding carboxylic acids is 1. The molecular formula is C21H23NO4. The Morgan fingerprint density at radius 1 is 1.12 bits per heavy atom. The van der Waals surface area contributed by atoms with Crippen LogP contribution in [0.15, 0.2) is 60.7 Å². The van der Waals surface area contributed by atoms with Crippen molar-refractivity contribution >= 4 is 6.09 Å². The Bertz CT molecular complexity index is 736. The first-order valence-electron chi connectivity index (χ1n) is 9.09. The summed E-state index contributed by atoms with van der Waals surface area (Å²) < 4.78 is 17.2. The highest BCUT2D eigenvalue weighted by Crippen LogP contribution is 2.40. The Morgan fingerprint density at radius 3 is 2.50 bits per heavy atom. The van der Waals surface area contributed by atoms with Crippen LogP contribution in [0.4, 0.5) is 4.79 Å². The number of benzene rings is 2. The van der Waals surface area contributed by atoms with E-state index in [0.29, 0.717) is 13.2 Å². The third-order valence-corrected chi connectivity index (χ3v) is 4.88. The molecule has 0 unspecified atom stereocenters. The fourth-order valence-electron chi connectivity index (χ4n) is 3.56. The van der Waals surface area contributed by atoms with Crippen molar-refractivity contribution in [3.8, 4) is 0 Å². The summed E-state index contributed by atoms with van der Waals surface area (Å²) in [7, 11) is 0. The van der Waals surface area contributed by atoms with E-state index in [1.807, 2.05) is 55.5 Å². The van der Waals surface area contributed by atoms with Crippen LogP contribution in [0, 0.1) is 0 Å². The van der Waals surface area contributed by atoms with Gasteiger partial charge in [-0.05, 0) is 18.1 Å². The maximum Gasteiger partial charge on any atom is 0.412 e. The zero-order valence-electron chi connectivity index (χ0n) is 14.8. The summed E-state index contributed by atoms with van der Waals surface area (Å²) >= 11 is 0. The van der Waals surface area contributed by atoms with Gasteiger partial charge in [0.05, 0.1) is 25.4 Å². The van der Waals surface area contributed by atoms with Gasteiger partial charge in [-0.15, -0.1) is 0 Å². The van der Waals surface area contributed by atoms with Gasteiger partial charge in [-0.2, -0.15) is 0 Å². The second-order valence-electron chi connectivity index (χ2n) is 6.59. The maximum absolute atomic E-state index is 12.6. The summed E-state index contributed by atoms with van der Waals surface area (Å²) in [5, 5.41) is 0. The van der Waals surface area contributed by atoms with Gasteiger partial charge in [0.1, 0.15) is 6.10 Å². The van der Waals surface area contributed by atoms with Crippen LogP contribution < -0.4 is 0 Å². The Morgan fingerprint density at radius 2 is 1.81 bits per heavy atom. The molecule has 2 aromatic rings. The largest absolute Gasteiger partial charge is 0.450 e. The van der Waals surface area contributed by atoms with Crippen LogP contribution in [-0.4, -0.2) is 42.6 Å². The van der Waals surface area contributed by atoms with E-state index < -0.39 is 6.23 Å². The molecule has 2 heterocycles. The monoisotopic (exact) mass is 353 g/mol. The number of epoxide rings is 1. The predicted molar refractivity (Wildman–Crippen MR) is 96.6 cm³/mol. The lowest BCUT2D eigenvalue weighted by Crippen LogP contribution is -2.42. The molecule has 0 spiro atoms. The summed E-state index contributed by atoms with van der Waals surface area (Å²) in [6.07, 6.45) is 0.00542. The lowest BCUT2D eigenvalue weighted by molar-refractivity contribution is 0.00523. The maximum atomic E-state index is 12.6. The molecule has 0 bridgehead atoms. The molecule has 0 aromatic heterocycles. The smallest absolute Gasteiger partial charge is 0.412 e. The number of hydrogen-bond donors (Lipinski definition) is 0. The normalized spacial score (nSPS) is 27.3. The Kier molecular flexibility index (Phi) is 4.91. The van der Waals surface area contributed by atoms with Gasteiger partial charge in [-0.3, -0.25) is 4.90 Å². The Balaban J connectivity index is 1.49. The van der Waals surface area contributed by atoms with Crippen LogP contribution in [0.1, 0.15) is 24.1 Å². The number of nitrogens with zero attached hydrogens (tertiary/aromatic N) is 1. The molecule has 0 radical (unpaired) electrons. The van der Waals surface area contributed by atoms with Crippen LogP contribution in [0.5, 0.6) is 0 Å². The first kappa shape index (κ1) is 17.1. The van der Waals surface area contributed by atoms with E-state index in [4.69, 9.17) is 14.2 Å². The van der Waals surface area contributed by atoms with E-state index in [-0.39, 0.29) is 24.3 Å². The zero-order valence-corrected chi connectivity index (χ0v) is 14.8. The van der Waals surface area contributed by atoms with E-state index in [1.54, 1.807) is 4.90 Å². The summed E-state index contributed by atoms with van der Waals surface area (Å²) in [5.74, 6) is 0. The molecule has 5 heteroatoms. The standard InChI is InChI=1S/C21H23NO4/c1-2-24-21(23)22-17(16-11-7-4-8-12-16)14-25-20(22)19-18(26-19)13-15-9-5-3-6-10-15/h3-12,17-20H,2,13-14H2,1H3/t17-,18-,19+,20+/m0/s1. The number of rotatable bonds is 5. The molecule has 2 fully saturated rings. The van der Waals surface area contributed by atoms with Crippen molar-refractivity contribution < 1.29 is 19.0 Å². The molecule has 4 rings (SSSR count).